The van der Waals surface area contributed by atoms with Crippen LogP contribution in [0.5, 0.6) is 0 Å². The molecule has 1 amide bonds. The van der Waals surface area contributed by atoms with Gasteiger partial charge in [-0.3, -0.25) is 4.79 Å². The second-order valence-corrected chi connectivity index (χ2v) is 5.41. The van der Waals surface area contributed by atoms with E-state index in [9.17, 15) is 9.90 Å². The largest absolute Gasteiger partial charge is 0.389 e. The molecule has 2 rings (SSSR count). The molecular weight excluding hydrogens is 230 g/mol. The van der Waals surface area contributed by atoms with Crippen LogP contribution in [0.3, 0.4) is 0 Å². The maximum Gasteiger partial charge on any atom is 0.220 e. The highest BCUT2D eigenvalue weighted by Gasteiger charge is 2.21. The van der Waals surface area contributed by atoms with Gasteiger partial charge in [0.2, 0.25) is 5.91 Å². The van der Waals surface area contributed by atoms with Crippen LogP contribution in [0.25, 0.3) is 0 Å². The summed E-state index contributed by atoms with van der Waals surface area (Å²) in [6, 6.07) is 0. The van der Waals surface area contributed by atoms with E-state index in [0.29, 0.717) is 31.4 Å². The van der Waals surface area contributed by atoms with Gasteiger partial charge in [0.25, 0.3) is 0 Å². The molecule has 0 radical (unpaired) electrons. The molecule has 0 bridgehead atoms. The average Bonchev–Trinajstić information content (AvgIpc) is 3.03. The van der Waals surface area contributed by atoms with Gasteiger partial charge in [-0.15, -0.1) is 0 Å². The van der Waals surface area contributed by atoms with E-state index in [1.165, 1.54) is 12.8 Å². The van der Waals surface area contributed by atoms with Crippen molar-refractivity contribution < 1.29 is 14.6 Å². The average molecular weight is 253 g/mol. The van der Waals surface area contributed by atoms with Crippen LogP contribution in [0, 0.1) is 11.8 Å². The summed E-state index contributed by atoms with van der Waals surface area (Å²) in [7, 11) is 0. The van der Waals surface area contributed by atoms with Crippen LogP contribution < -0.4 is 5.32 Å². The Kier molecular flexibility index (Phi) is 5.20. The molecule has 0 heterocycles. The number of carbonyl (C=O) groups is 1. The maximum absolute atomic E-state index is 11.6. The highest BCUT2D eigenvalue weighted by molar-refractivity contribution is 5.76. The zero-order valence-corrected chi connectivity index (χ0v) is 10.8. The molecule has 102 valence electrons. The molecule has 0 aromatic heterocycles. The summed E-state index contributed by atoms with van der Waals surface area (Å²) < 4.78 is 5.37. The van der Waals surface area contributed by atoms with E-state index in [1.807, 2.05) is 0 Å². The number of rotatable bonds is 8. The Bertz CT molecular complexity index is 299. The zero-order chi connectivity index (χ0) is 12.8. The van der Waals surface area contributed by atoms with Crippen molar-refractivity contribution in [2.24, 2.45) is 11.8 Å². The summed E-state index contributed by atoms with van der Waals surface area (Å²) in [5, 5.41) is 12.4. The number of carbonyl (C=O) groups excluding carboxylic acids is 1. The lowest BCUT2D eigenvalue weighted by atomic mass is 10.1. The first kappa shape index (κ1) is 13.6. The van der Waals surface area contributed by atoms with E-state index >= 15 is 0 Å². The normalized spacial score (nSPS) is 24.2. The van der Waals surface area contributed by atoms with Gasteiger partial charge < -0.3 is 15.2 Å². The van der Waals surface area contributed by atoms with Crippen LogP contribution in [0.4, 0.5) is 0 Å². The van der Waals surface area contributed by atoms with Gasteiger partial charge in [0.15, 0.2) is 0 Å². The number of nitrogens with one attached hydrogen (secondary N) is 1. The SMILES string of the molecule is O=C(CC1C=CCC1)NCC(O)COCC1CC1. The highest BCUT2D eigenvalue weighted by Crippen LogP contribution is 2.28. The summed E-state index contributed by atoms with van der Waals surface area (Å²) in [5.74, 6) is 1.11. The van der Waals surface area contributed by atoms with Gasteiger partial charge in [-0.2, -0.15) is 0 Å². The topological polar surface area (TPSA) is 58.6 Å². The minimum absolute atomic E-state index is 0.0211. The fourth-order valence-corrected chi connectivity index (χ4v) is 2.12. The number of allylic oxidation sites excluding steroid dienone is 2. The quantitative estimate of drug-likeness (QED) is 0.640. The molecule has 0 aromatic carbocycles. The van der Waals surface area contributed by atoms with Gasteiger partial charge in [0.1, 0.15) is 0 Å². The van der Waals surface area contributed by atoms with E-state index in [2.05, 4.69) is 17.5 Å². The summed E-state index contributed by atoms with van der Waals surface area (Å²) in [5.41, 5.74) is 0. The van der Waals surface area contributed by atoms with E-state index in [0.717, 1.165) is 19.4 Å². The van der Waals surface area contributed by atoms with Crippen LogP contribution in [0.1, 0.15) is 32.1 Å². The Balaban J connectivity index is 1.49. The Morgan fingerprint density at radius 3 is 2.94 bits per heavy atom. The maximum atomic E-state index is 11.6. The molecule has 1 fully saturated rings. The molecule has 1 saturated carbocycles. The standard InChI is InChI=1S/C14H23NO3/c16-13(10-18-9-12-5-6-12)8-15-14(17)7-11-3-1-2-4-11/h1,3,11-13,16H,2,4-10H2,(H,15,17). The third-order valence-electron chi connectivity index (χ3n) is 3.46. The van der Waals surface area contributed by atoms with Gasteiger partial charge >= 0.3 is 0 Å². The third-order valence-corrected chi connectivity index (χ3v) is 3.46. The lowest BCUT2D eigenvalue weighted by Crippen LogP contribution is -2.35. The summed E-state index contributed by atoms with van der Waals surface area (Å²) in [6.07, 6.45) is 8.82. The first-order valence-electron chi connectivity index (χ1n) is 6.93. The second kappa shape index (κ2) is 6.90. The van der Waals surface area contributed by atoms with Gasteiger partial charge in [-0.05, 0) is 37.5 Å². The first-order valence-corrected chi connectivity index (χ1v) is 6.93. The number of hydrogen-bond acceptors (Lipinski definition) is 3. The molecule has 2 atom stereocenters. The molecule has 0 aromatic rings. The Morgan fingerprint density at radius 2 is 2.28 bits per heavy atom. The van der Waals surface area contributed by atoms with E-state index in [4.69, 9.17) is 4.74 Å². The zero-order valence-electron chi connectivity index (χ0n) is 10.8. The predicted octanol–water partition coefficient (Wildman–Crippen LogP) is 1.25. The number of aliphatic hydroxyl groups is 1. The second-order valence-electron chi connectivity index (χ2n) is 5.41. The third kappa shape index (κ3) is 5.19. The van der Waals surface area contributed by atoms with E-state index in [1.54, 1.807) is 0 Å². The Morgan fingerprint density at radius 1 is 1.44 bits per heavy atom. The van der Waals surface area contributed by atoms with Gasteiger partial charge in [-0.1, -0.05) is 12.2 Å². The van der Waals surface area contributed by atoms with Crippen molar-refractivity contribution in [2.45, 2.75) is 38.2 Å². The van der Waals surface area contributed by atoms with Crippen molar-refractivity contribution in [3.8, 4) is 0 Å². The fraction of sp³-hybridized carbons (Fsp3) is 0.786. The van der Waals surface area contributed by atoms with Crippen molar-refractivity contribution in [3.63, 3.8) is 0 Å². The van der Waals surface area contributed by atoms with Crippen LogP contribution in [0.2, 0.25) is 0 Å². The molecule has 18 heavy (non-hydrogen) atoms. The fourth-order valence-electron chi connectivity index (χ4n) is 2.12. The summed E-state index contributed by atoms with van der Waals surface area (Å²) >= 11 is 0. The lowest BCUT2D eigenvalue weighted by Gasteiger charge is -2.13. The van der Waals surface area contributed by atoms with Crippen molar-refractivity contribution in [1.82, 2.24) is 5.32 Å². The molecule has 2 unspecified atom stereocenters. The van der Waals surface area contributed by atoms with Crippen LogP contribution in [0.15, 0.2) is 12.2 Å². The smallest absolute Gasteiger partial charge is 0.220 e. The van der Waals surface area contributed by atoms with Crippen molar-refractivity contribution in [1.29, 1.82) is 0 Å². The van der Waals surface area contributed by atoms with Crippen LogP contribution in [-0.4, -0.2) is 36.9 Å². The van der Waals surface area contributed by atoms with Crippen LogP contribution in [-0.2, 0) is 9.53 Å². The molecule has 2 N–H and O–H groups in total. The minimum atomic E-state index is -0.591. The number of hydrogen-bond donors (Lipinski definition) is 2. The van der Waals surface area contributed by atoms with Crippen molar-refractivity contribution in [2.75, 3.05) is 19.8 Å². The number of aliphatic hydroxyl groups excluding tert-OH is 1. The molecule has 2 aliphatic rings. The molecule has 0 saturated heterocycles. The van der Waals surface area contributed by atoms with E-state index < -0.39 is 6.10 Å². The molecule has 2 aliphatic carbocycles. The predicted molar refractivity (Wildman–Crippen MR) is 69.0 cm³/mol. The van der Waals surface area contributed by atoms with E-state index in [-0.39, 0.29) is 5.91 Å². The van der Waals surface area contributed by atoms with Gasteiger partial charge in [0, 0.05) is 19.6 Å². The summed E-state index contributed by atoms with van der Waals surface area (Å²) in [6.45, 7) is 1.36. The Hall–Kier alpha value is -0.870. The monoisotopic (exact) mass is 253 g/mol. The number of amides is 1. The highest BCUT2D eigenvalue weighted by atomic mass is 16.5. The first-order chi connectivity index (χ1) is 8.74. The van der Waals surface area contributed by atoms with Crippen molar-refractivity contribution >= 4 is 5.91 Å². The molecular formula is C14H23NO3. The molecule has 4 heteroatoms. The van der Waals surface area contributed by atoms with Gasteiger partial charge in [0.05, 0.1) is 12.7 Å². The number of ether oxygens (including phenoxy) is 1. The molecule has 4 nitrogen and oxygen atoms in total. The van der Waals surface area contributed by atoms with Crippen molar-refractivity contribution in [3.05, 3.63) is 12.2 Å². The molecule has 0 spiro atoms. The minimum Gasteiger partial charge on any atom is -0.389 e. The lowest BCUT2D eigenvalue weighted by molar-refractivity contribution is -0.122. The van der Waals surface area contributed by atoms with Crippen LogP contribution >= 0.6 is 0 Å². The summed E-state index contributed by atoms with van der Waals surface area (Å²) in [4.78, 5) is 11.6. The Labute approximate surface area is 108 Å². The van der Waals surface area contributed by atoms with Gasteiger partial charge in [-0.25, -0.2) is 0 Å². The molecule has 0 aliphatic heterocycles.